The van der Waals surface area contributed by atoms with Crippen LogP contribution in [0.5, 0.6) is 0 Å². The lowest BCUT2D eigenvalue weighted by atomic mass is 9.57. The van der Waals surface area contributed by atoms with Crippen molar-refractivity contribution in [2.45, 2.75) is 32.4 Å². The third kappa shape index (κ3) is 2.37. The Balaban J connectivity index is 1.76. The number of guanidine groups is 1. The first-order chi connectivity index (χ1) is 9.89. The van der Waals surface area contributed by atoms with Crippen molar-refractivity contribution in [2.75, 3.05) is 11.9 Å². The Bertz CT molecular complexity index is 588. The fraction of sp³-hybridized carbons (Fsp3) is 0.533. The highest BCUT2D eigenvalue weighted by Gasteiger charge is 2.59. The number of nitrogens with zero attached hydrogens (tertiary/aromatic N) is 1. The van der Waals surface area contributed by atoms with Gasteiger partial charge in [0.25, 0.3) is 0 Å². The van der Waals surface area contributed by atoms with Gasteiger partial charge < -0.3 is 15.8 Å². The number of anilines is 1. The van der Waals surface area contributed by atoms with Crippen molar-refractivity contribution < 1.29 is 13.5 Å². The Morgan fingerprint density at radius 2 is 2.19 bits per heavy atom. The quantitative estimate of drug-likeness (QED) is 0.651. The van der Waals surface area contributed by atoms with E-state index in [2.05, 4.69) is 24.2 Å². The van der Waals surface area contributed by atoms with E-state index in [4.69, 9.17) is 10.5 Å². The number of nitrogens with one attached hydrogen (secondary N) is 1. The Hall–Kier alpha value is -1.69. The number of hydrogen-bond acceptors (Lipinski definition) is 2. The van der Waals surface area contributed by atoms with Crippen molar-refractivity contribution in [2.24, 2.45) is 22.1 Å². The summed E-state index contributed by atoms with van der Waals surface area (Å²) in [6, 6.07) is 3.21. The zero-order valence-electron chi connectivity index (χ0n) is 12.1. The lowest BCUT2D eigenvalue weighted by Crippen LogP contribution is -2.59. The molecule has 114 valence electrons. The molecule has 1 saturated carbocycles. The van der Waals surface area contributed by atoms with Crippen LogP contribution in [0.2, 0.25) is 0 Å². The molecule has 1 saturated heterocycles. The maximum Gasteiger partial charge on any atom is 0.193 e. The molecule has 2 fully saturated rings. The van der Waals surface area contributed by atoms with Crippen LogP contribution in [0.3, 0.4) is 0 Å². The predicted molar refractivity (Wildman–Crippen MR) is 77.0 cm³/mol. The summed E-state index contributed by atoms with van der Waals surface area (Å²) in [5, 5.41) is 2.64. The molecule has 21 heavy (non-hydrogen) atoms. The van der Waals surface area contributed by atoms with Crippen LogP contribution in [0, 0.1) is 23.0 Å². The van der Waals surface area contributed by atoms with Crippen LogP contribution in [-0.4, -0.2) is 24.7 Å². The lowest BCUT2D eigenvalue weighted by Gasteiger charge is -2.52. The van der Waals surface area contributed by atoms with Crippen molar-refractivity contribution in [1.29, 1.82) is 0 Å². The normalized spacial score (nSPS) is 30.7. The van der Waals surface area contributed by atoms with Gasteiger partial charge in [-0.05, 0) is 18.6 Å². The van der Waals surface area contributed by atoms with Gasteiger partial charge in [0.1, 0.15) is 11.6 Å². The number of halogens is 2. The summed E-state index contributed by atoms with van der Waals surface area (Å²) in [7, 11) is 0. The van der Waals surface area contributed by atoms with Crippen molar-refractivity contribution in [3.8, 4) is 0 Å². The summed E-state index contributed by atoms with van der Waals surface area (Å²) in [4.78, 5) is 4.46. The topological polar surface area (TPSA) is 59.6 Å². The largest absolute Gasteiger partial charge is 0.377 e. The second kappa shape index (κ2) is 4.94. The summed E-state index contributed by atoms with van der Waals surface area (Å²) in [5.41, 5.74) is 5.75. The molecular formula is C15H19F2N3O. The number of benzene rings is 1. The van der Waals surface area contributed by atoms with Gasteiger partial charge in [0.15, 0.2) is 5.96 Å². The molecule has 0 spiro atoms. The number of fused-ring (bicyclic) bond motifs is 1. The minimum Gasteiger partial charge on any atom is -0.377 e. The molecular weight excluding hydrogens is 276 g/mol. The first-order valence-electron chi connectivity index (χ1n) is 7.06. The summed E-state index contributed by atoms with van der Waals surface area (Å²) in [5.74, 6) is -0.634. The Kier molecular flexibility index (Phi) is 3.36. The maximum absolute atomic E-state index is 13.6. The Morgan fingerprint density at radius 1 is 1.43 bits per heavy atom. The average Bonchev–Trinajstić information content (AvgIpc) is 2.87. The second-order valence-corrected chi connectivity index (χ2v) is 6.27. The van der Waals surface area contributed by atoms with Gasteiger partial charge in [-0.1, -0.05) is 13.8 Å². The Labute approximate surface area is 122 Å². The van der Waals surface area contributed by atoms with Crippen LogP contribution >= 0.6 is 0 Å². The van der Waals surface area contributed by atoms with Crippen LogP contribution in [0.15, 0.2) is 23.2 Å². The van der Waals surface area contributed by atoms with Crippen molar-refractivity contribution in [3.05, 3.63) is 29.8 Å². The van der Waals surface area contributed by atoms with Crippen LogP contribution < -0.4 is 11.1 Å². The number of ether oxygens (including phenoxy) is 1. The van der Waals surface area contributed by atoms with Gasteiger partial charge in [-0.3, -0.25) is 0 Å². The molecule has 1 aromatic rings. The Morgan fingerprint density at radius 3 is 2.95 bits per heavy atom. The minimum absolute atomic E-state index is 0.00685. The van der Waals surface area contributed by atoms with Gasteiger partial charge in [-0.25, -0.2) is 13.8 Å². The fourth-order valence-corrected chi connectivity index (χ4v) is 3.47. The van der Waals surface area contributed by atoms with Gasteiger partial charge in [0.05, 0.1) is 17.8 Å². The highest BCUT2D eigenvalue weighted by molar-refractivity contribution is 5.92. The van der Waals surface area contributed by atoms with E-state index >= 15 is 0 Å². The molecule has 1 aromatic carbocycles. The van der Waals surface area contributed by atoms with E-state index in [1.54, 1.807) is 0 Å². The van der Waals surface area contributed by atoms with E-state index < -0.39 is 11.6 Å². The van der Waals surface area contributed by atoms with E-state index in [9.17, 15) is 8.78 Å². The van der Waals surface area contributed by atoms with Crippen LogP contribution in [-0.2, 0) is 4.74 Å². The van der Waals surface area contributed by atoms with E-state index in [0.717, 1.165) is 31.2 Å². The fourth-order valence-electron chi connectivity index (χ4n) is 3.47. The van der Waals surface area contributed by atoms with Crippen molar-refractivity contribution in [1.82, 2.24) is 0 Å². The van der Waals surface area contributed by atoms with Crippen LogP contribution in [0.4, 0.5) is 14.5 Å². The lowest BCUT2D eigenvalue weighted by molar-refractivity contribution is -0.0985. The average molecular weight is 295 g/mol. The summed E-state index contributed by atoms with van der Waals surface area (Å²) in [6.07, 6.45) is 1.18. The molecule has 1 aliphatic heterocycles. The summed E-state index contributed by atoms with van der Waals surface area (Å²) < 4.78 is 32.4. The van der Waals surface area contributed by atoms with Crippen LogP contribution in [0.1, 0.15) is 20.3 Å². The molecule has 0 radical (unpaired) electrons. The number of hydrogen-bond donors (Lipinski definition) is 2. The molecule has 4 nitrogen and oxygen atoms in total. The molecule has 3 N–H and O–H groups in total. The van der Waals surface area contributed by atoms with Gasteiger partial charge in [-0.15, -0.1) is 0 Å². The summed E-state index contributed by atoms with van der Waals surface area (Å²) >= 11 is 0. The van der Waals surface area contributed by atoms with E-state index in [-0.39, 0.29) is 29.2 Å². The van der Waals surface area contributed by atoms with Crippen LogP contribution in [0.25, 0.3) is 0 Å². The minimum atomic E-state index is -0.565. The van der Waals surface area contributed by atoms with Crippen molar-refractivity contribution >= 4 is 11.6 Å². The molecule has 0 amide bonds. The zero-order chi connectivity index (χ0) is 15.2. The van der Waals surface area contributed by atoms with E-state index in [1.807, 2.05) is 0 Å². The molecule has 2 aliphatic rings. The van der Waals surface area contributed by atoms with Gasteiger partial charge >= 0.3 is 0 Å². The first kappa shape index (κ1) is 14.3. The smallest absolute Gasteiger partial charge is 0.193 e. The number of aliphatic imine (C=N–C) groups is 1. The molecule has 6 heteroatoms. The summed E-state index contributed by atoms with van der Waals surface area (Å²) in [6.45, 7) is 4.92. The molecule has 3 unspecified atom stereocenters. The van der Waals surface area contributed by atoms with Gasteiger partial charge in [-0.2, -0.15) is 0 Å². The van der Waals surface area contributed by atoms with E-state index in [1.165, 1.54) is 0 Å². The third-order valence-electron chi connectivity index (χ3n) is 4.51. The molecule has 1 aliphatic carbocycles. The molecule has 3 atom stereocenters. The molecule has 3 rings (SSSR count). The highest BCUT2D eigenvalue weighted by atomic mass is 19.1. The van der Waals surface area contributed by atoms with E-state index in [0.29, 0.717) is 5.92 Å². The molecule has 0 aromatic heterocycles. The maximum atomic E-state index is 13.6. The second-order valence-electron chi connectivity index (χ2n) is 6.27. The monoisotopic (exact) mass is 295 g/mol. The first-order valence-corrected chi connectivity index (χ1v) is 7.06. The standard InChI is InChI=1S/C15H19F2N3O/c1-15(2)12(9-5-6-21-13(9)15)20-14(18)19-11-7-8(16)3-4-10(11)17/h3-4,7,9,12-13H,5-6H2,1-2H3,(H3,18,19,20). The van der Waals surface area contributed by atoms with Gasteiger partial charge in [0.2, 0.25) is 0 Å². The van der Waals surface area contributed by atoms with Gasteiger partial charge in [0, 0.05) is 24.0 Å². The zero-order valence-corrected chi connectivity index (χ0v) is 12.1. The SMILES string of the molecule is CC1(C)C(N=C(N)Nc2cc(F)ccc2F)C2CCOC21. The third-order valence-corrected chi connectivity index (χ3v) is 4.51. The van der Waals surface area contributed by atoms with Crippen molar-refractivity contribution in [3.63, 3.8) is 0 Å². The molecule has 0 bridgehead atoms. The highest BCUT2D eigenvalue weighted by Crippen LogP contribution is 2.53. The number of rotatable bonds is 2. The molecule has 1 heterocycles. The predicted octanol–water partition coefficient (Wildman–Crippen LogP) is 2.50. The number of nitrogens with two attached hydrogens (primary N) is 1.